The van der Waals surface area contributed by atoms with Gasteiger partial charge in [0, 0.05) is 24.0 Å². The molecule has 19 heavy (non-hydrogen) atoms. The van der Waals surface area contributed by atoms with Gasteiger partial charge in [-0.3, -0.25) is 9.79 Å². The van der Waals surface area contributed by atoms with Crippen LogP contribution in [0.4, 0.5) is 0 Å². The maximum absolute atomic E-state index is 11.2. The van der Waals surface area contributed by atoms with Crippen LogP contribution in [0.1, 0.15) is 38.1 Å². The van der Waals surface area contributed by atoms with Crippen molar-refractivity contribution in [2.24, 2.45) is 4.99 Å². The number of rotatable bonds is 5. The van der Waals surface area contributed by atoms with Crippen LogP contribution >= 0.6 is 0 Å². The molecule has 0 aliphatic carbocycles. The number of carbonyl (C=O) groups excluding carboxylic acids is 1. The Labute approximate surface area is 114 Å². The lowest BCUT2D eigenvalue weighted by Gasteiger charge is -2.04. The van der Waals surface area contributed by atoms with E-state index < -0.39 is 0 Å². The summed E-state index contributed by atoms with van der Waals surface area (Å²) in [6.45, 7) is 10.8. The number of Topliss-reactive ketones (excluding diaryl/α,β-unsaturated/α-hetero) is 1. The van der Waals surface area contributed by atoms with E-state index in [1.54, 1.807) is 37.5 Å². The molecule has 0 bridgehead atoms. The van der Waals surface area contributed by atoms with Gasteiger partial charge < -0.3 is 4.74 Å². The molecule has 0 atom stereocenters. The summed E-state index contributed by atoms with van der Waals surface area (Å²) in [7, 11) is 0. The highest BCUT2D eigenvalue weighted by Gasteiger charge is 2.02. The van der Waals surface area contributed by atoms with E-state index in [4.69, 9.17) is 4.74 Å². The molecule has 1 aromatic heterocycles. The molecule has 4 heteroatoms. The van der Waals surface area contributed by atoms with Crippen LogP contribution in [-0.2, 0) is 0 Å². The second kappa shape index (κ2) is 9.76. The first-order valence-corrected chi connectivity index (χ1v) is 6.09. The summed E-state index contributed by atoms with van der Waals surface area (Å²) in [6.07, 6.45) is 6.20. The van der Waals surface area contributed by atoms with Crippen LogP contribution in [0.3, 0.4) is 0 Å². The minimum Gasteiger partial charge on any atom is -0.442 e. The van der Waals surface area contributed by atoms with E-state index >= 15 is 0 Å². The zero-order valence-electron chi connectivity index (χ0n) is 11.9. The Balaban J connectivity index is 0.00000154. The van der Waals surface area contributed by atoms with E-state index in [-0.39, 0.29) is 5.78 Å². The molecule has 1 aromatic rings. The van der Waals surface area contributed by atoms with Gasteiger partial charge in [0.15, 0.2) is 5.78 Å². The molecule has 102 valence electrons. The third kappa shape index (κ3) is 6.93. The van der Waals surface area contributed by atoms with Gasteiger partial charge in [-0.25, -0.2) is 4.98 Å². The average molecular weight is 260 g/mol. The fourth-order valence-corrected chi connectivity index (χ4v) is 1.08. The van der Waals surface area contributed by atoms with Gasteiger partial charge in [-0.1, -0.05) is 26.5 Å². The zero-order chi connectivity index (χ0) is 14.7. The van der Waals surface area contributed by atoms with E-state index in [2.05, 4.69) is 16.6 Å². The minimum atomic E-state index is -0.0245. The molecule has 0 N–H and O–H groups in total. The maximum atomic E-state index is 11.2. The number of ether oxygens (including phenoxy) is 1. The summed E-state index contributed by atoms with van der Waals surface area (Å²) in [5.74, 6) is 0.931. The van der Waals surface area contributed by atoms with Crippen LogP contribution in [0.2, 0.25) is 0 Å². The molecule has 0 aliphatic rings. The maximum Gasteiger partial charge on any atom is 0.219 e. The largest absolute Gasteiger partial charge is 0.442 e. The number of pyridine rings is 1. The molecule has 1 rings (SSSR count). The summed E-state index contributed by atoms with van der Waals surface area (Å²) in [5.41, 5.74) is 0.567. The second-order valence-corrected chi connectivity index (χ2v) is 3.31. The monoisotopic (exact) mass is 260 g/mol. The molecule has 0 saturated heterocycles. The molecular formula is C15H20N2O2. The Bertz CT molecular complexity index is 477. The van der Waals surface area contributed by atoms with Crippen molar-refractivity contribution in [3.63, 3.8) is 0 Å². The first-order valence-electron chi connectivity index (χ1n) is 6.09. The highest BCUT2D eigenvalue weighted by molar-refractivity contribution is 5.94. The van der Waals surface area contributed by atoms with Gasteiger partial charge in [-0.15, -0.1) is 0 Å². The van der Waals surface area contributed by atoms with E-state index in [1.165, 1.54) is 13.1 Å². The smallest absolute Gasteiger partial charge is 0.219 e. The first-order chi connectivity index (χ1) is 9.13. The molecule has 0 radical (unpaired) electrons. The number of allylic oxidation sites excluding steroid dienone is 2. The highest BCUT2D eigenvalue weighted by Crippen LogP contribution is 2.12. The highest BCUT2D eigenvalue weighted by atomic mass is 16.5. The SMILES string of the molecule is C=CC=N/C=C(\C)Oc1cc(C(C)=O)ccn1.CC. The predicted octanol–water partition coefficient (Wildman–Crippen LogP) is 3.81. The van der Waals surface area contributed by atoms with Crippen LogP contribution < -0.4 is 4.74 Å². The minimum absolute atomic E-state index is 0.0245. The van der Waals surface area contributed by atoms with Gasteiger partial charge in [0.1, 0.15) is 5.76 Å². The number of aromatic nitrogens is 1. The van der Waals surface area contributed by atoms with E-state index in [0.29, 0.717) is 17.2 Å². The Hall–Kier alpha value is -2.23. The van der Waals surface area contributed by atoms with E-state index in [9.17, 15) is 4.79 Å². The molecule has 1 heterocycles. The molecule has 0 saturated carbocycles. The third-order valence-corrected chi connectivity index (χ3v) is 1.85. The normalized spacial score (nSPS) is 10.6. The molecule has 0 aromatic carbocycles. The molecule has 0 spiro atoms. The average Bonchev–Trinajstić information content (AvgIpc) is 2.41. The quantitative estimate of drug-likeness (QED) is 0.459. The standard InChI is InChI=1S/C13H14N2O2.C2H6/c1-4-6-14-9-10(2)17-13-8-12(11(3)16)5-7-15-13;1-2/h4-9H,1H2,2-3H3;1-2H3/b10-9+,14-6?;. The summed E-state index contributed by atoms with van der Waals surface area (Å²) in [6, 6.07) is 3.24. The van der Waals surface area contributed by atoms with Gasteiger partial charge in [-0.2, -0.15) is 0 Å². The summed E-state index contributed by atoms with van der Waals surface area (Å²) < 4.78 is 5.40. The van der Waals surface area contributed by atoms with Crippen LogP contribution in [0, 0.1) is 0 Å². The number of hydrogen-bond donors (Lipinski definition) is 0. The van der Waals surface area contributed by atoms with Crippen molar-refractivity contribution in [1.29, 1.82) is 0 Å². The fourth-order valence-electron chi connectivity index (χ4n) is 1.08. The molecule has 0 fully saturated rings. The molecule has 0 aliphatic heterocycles. The van der Waals surface area contributed by atoms with E-state index in [1.807, 2.05) is 13.8 Å². The van der Waals surface area contributed by atoms with Gasteiger partial charge in [-0.05, 0) is 19.9 Å². The van der Waals surface area contributed by atoms with Crippen molar-refractivity contribution < 1.29 is 9.53 Å². The van der Waals surface area contributed by atoms with E-state index in [0.717, 1.165) is 0 Å². The van der Waals surface area contributed by atoms with Crippen molar-refractivity contribution in [3.8, 4) is 5.88 Å². The molecular weight excluding hydrogens is 240 g/mol. The van der Waals surface area contributed by atoms with Gasteiger partial charge >= 0.3 is 0 Å². The lowest BCUT2D eigenvalue weighted by Crippen LogP contribution is -1.97. The van der Waals surface area contributed by atoms with Crippen LogP contribution in [0.5, 0.6) is 5.88 Å². The Morgan fingerprint density at radius 3 is 2.68 bits per heavy atom. The Morgan fingerprint density at radius 1 is 1.42 bits per heavy atom. The van der Waals surface area contributed by atoms with Crippen LogP contribution in [0.15, 0.2) is 47.9 Å². The Morgan fingerprint density at radius 2 is 2.11 bits per heavy atom. The summed E-state index contributed by atoms with van der Waals surface area (Å²) in [4.78, 5) is 19.1. The van der Waals surface area contributed by atoms with Gasteiger partial charge in [0.2, 0.25) is 5.88 Å². The van der Waals surface area contributed by atoms with Crippen molar-refractivity contribution in [2.75, 3.05) is 0 Å². The van der Waals surface area contributed by atoms with Crippen LogP contribution in [0.25, 0.3) is 0 Å². The third-order valence-electron chi connectivity index (χ3n) is 1.85. The first kappa shape index (κ1) is 16.8. The van der Waals surface area contributed by atoms with Crippen molar-refractivity contribution in [1.82, 2.24) is 4.98 Å². The Kier molecular flexibility index (Phi) is 8.62. The lowest BCUT2D eigenvalue weighted by atomic mass is 10.2. The zero-order valence-corrected chi connectivity index (χ0v) is 11.9. The predicted molar refractivity (Wildman–Crippen MR) is 78.7 cm³/mol. The fraction of sp³-hybridized carbons (Fsp3) is 0.267. The number of hydrogen-bond acceptors (Lipinski definition) is 4. The van der Waals surface area contributed by atoms with Crippen molar-refractivity contribution in [2.45, 2.75) is 27.7 Å². The molecule has 4 nitrogen and oxygen atoms in total. The number of carbonyl (C=O) groups is 1. The summed E-state index contributed by atoms with van der Waals surface area (Å²) >= 11 is 0. The van der Waals surface area contributed by atoms with Crippen molar-refractivity contribution >= 4 is 12.0 Å². The van der Waals surface area contributed by atoms with Crippen LogP contribution in [-0.4, -0.2) is 17.0 Å². The summed E-state index contributed by atoms with van der Waals surface area (Å²) in [5, 5.41) is 0. The lowest BCUT2D eigenvalue weighted by molar-refractivity contribution is 0.101. The molecule has 0 amide bonds. The second-order valence-electron chi connectivity index (χ2n) is 3.31. The number of nitrogens with zero attached hydrogens (tertiary/aromatic N) is 2. The van der Waals surface area contributed by atoms with Gasteiger partial charge in [0.05, 0.1) is 6.20 Å². The van der Waals surface area contributed by atoms with Gasteiger partial charge in [0.25, 0.3) is 0 Å². The molecule has 0 unspecified atom stereocenters. The number of ketones is 1. The number of aliphatic imine (C=N–C) groups is 1. The van der Waals surface area contributed by atoms with Crippen molar-refractivity contribution in [3.05, 3.63) is 48.5 Å². The topological polar surface area (TPSA) is 51.5 Å².